The molecule has 0 aliphatic carbocycles. The highest BCUT2D eigenvalue weighted by Gasteiger charge is 2.25. The number of carbonyl (C=O) groups is 1. The lowest BCUT2D eigenvalue weighted by Gasteiger charge is -2.35. The van der Waals surface area contributed by atoms with Crippen LogP contribution in [0.1, 0.15) is 56.8 Å². The van der Waals surface area contributed by atoms with E-state index < -0.39 is 0 Å². The van der Waals surface area contributed by atoms with Crippen molar-refractivity contribution >= 4 is 11.7 Å². The molecular formula is C24H35N5O4. The van der Waals surface area contributed by atoms with E-state index in [9.17, 15) is 4.79 Å². The molecule has 4 rings (SSSR count). The van der Waals surface area contributed by atoms with Gasteiger partial charge in [0.1, 0.15) is 5.69 Å². The van der Waals surface area contributed by atoms with Gasteiger partial charge in [-0.2, -0.15) is 0 Å². The number of methoxy groups -OCH3 is 1. The molecule has 2 aromatic rings. The molecule has 9 heteroatoms. The summed E-state index contributed by atoms with van der Waals surface area (Å²) in [5.41, 5.74) is 4.60. The number of rotatable bonds is 8. The van der Waals surface area contributed by atoms with Crippen LogP contribution in [-0.4, -0.2) is 59.0 Å². The number of pyridine rings is 1. The van der Waals surface area contributed by atoms with E-state index in [2.05, 4.69) is 28.2 Å². The first-order chi connectivity index (χ1) is 16.1. The maximum Gasteiger partial charge on any atom is 0.305 e. The number of hydrogen-bond acceptors (Lipinski definition) is 8. The summed E-state index contributed by atoms with van der Waals surface area (Å²) in [6.45, 7) is 5.06. The molecule has 2 fully saturated rings. The van der Waals surface area contributed by atoms with E-state index in [-0.39, 0.29) is 12.3 Å². The Morgan fingerprint density at radius 2 is 2.12 bits per heavy atom. The van der Waals surface area contributed by atoms with Crippen LogP contribution < -0.4 is 4.90 Å². The molecule has 0 aromatic carbocycles. The van der Waals surface area contributed by atoms with Gasteiger partial charge >= 0.3 is 5.97 Å². The predicted octanol–water partition coefficient (Wildman–Crippen LogP) is 3.26. The molecule has 180 valence electrons. The van der Waals surface area contributed by atoms with E-state index in [4.69, 9.17) is 19.2 Å². The first-order valence-corrected chi connectivity index (χ1v) is 12.0. The topological polar surface area (TPSA) is 91.6 Å². The molecule has 2 saturated heterocycles. The van der Waals surface area contributed by atoms with Gasteiger partial charge in [-0.3, -0.25) is 4.79 Å². The summed E-state index contributed by atoms with van der Waals surface area (Å²) in [6.07, 6.45) is 6.35. The second-order valence-corrected chi connectivity index (χ2v) is 8.87. The zero-order valence-corrected chi connectivity index (χ0v) is 20.0. The van der Waals surface area contributed by atoms with Gasteiger partial charge in [0, 0.05) is 33.2 Å². The minimum absolute atomic E-state index is 0.137. The first-order valence-electron chi connectivity index (χ1n) is 12.0. The van der Waals surface area contributed by atoms with E-state index in [1.54, 1.807) is 4.68 Å². The fraction of sp³-hybridized carbons (Fsp3) is 0.667. The van der Waals surface area contributed by atoms with Gasteiger partial charge in [0.15, 0.2) is 6.29 Å². The highest BCUT2D eigenvalue weighted by molar-refractivity contribution is 5.69. The Morgan fingerprint density at radius 3 is 2.88 bits per heavy atom. The third kappa shape index (κ3) is 5.70. The lowest BCUT2D eigenvalue weighted by molar-refractivity contribution is -0.169. The highest BCUT2D eigenvalue weighted by Crippen LogP contribution is 2.30. The minimum atomic E-state index is -0.167. The lowest BCUT2D eigenvalue weighted by atomic mass is 9.94. The molecule has 2 aliphatic heterocycles. The van der Waals surface area contributed by atoms with Crippen LogP contribution in [0.2, 0.25) is 0 Å². The van der Waals surface area contributed by atoms with Crippen molar-refractivity contribution in [2.45, 2.75) is 64.8 Å². The van der Waals surface area contributed by atoms with Gasteiger partial charge in [0.25, 0.3) is 0 Å². The summed E-state index contributed by atoms with van der Waals surface area (Å²) in [6, 6.07) is 4.15. The molecule has 0 bridgehead atoms. The number of anilines is 1. The van der Waals surface area contributed by atoms with Crippen molar-refractivity contribution in [1.82, 2.24) is 20.0 Å². The number of aryl methyl sites for hydroxylation is 2. The molecule has 0 radical (unpaired) electrons. The maximum atomic E-state index is 11.7. The molecule has 0 saturated carbocycles. The quantitative estimate of drug-likeness (QED) is 0.558. The summed E-state index contributed by atoms with van der Waals surface area (Å²) < 4.78 is 18.3. The number of hydrogen-bond donors (Lipinski definition) is 0. The molecule has 1 unspecified atom stereocenters. The molecule has 0 spiro atoms. The number of ether oxygens (including phenoxy) is 3. The van der Waals surface area contributed by atoms with Crippen LogP contribution in [0.25, 0.3) is 11.4 Å². The second kappa shape index (κ2) is 11.1. The number of esters is 1. The summed E-state index contributed by atoms with van der Waals surface area (Å²) in [7, 11) is 3.33. The van der Waals surface area contributed by atoms with E-state index in [0.29, 0.717) is 18.9 Å². The molecule has 2 aliphatic rings. The average molecular weight is 458 g/mol. The molecular weight excluding hydrogens is 422 g/mol. The van der Waals surface area contributed by atoms with Crippen LogP contribution in [0, 0.1) is 5.92 Å². The van der Waals surface area contributed by atoms with Crippen LogP contribution >= 0.6 is 0 Å². The number of carbonyl (C=O) groups excluding carboxylic acids is 1. The fourth-order valence-corrected chi connectivity index (χ4v) is 4.70. The normalized spacial score (nSPS) is 21.2. The standard InChI is InChI=1S/C24H35N5O4/c1-4-18-20(29-12-7-8-17(15-29)14-22(30)31-3)11-10-19(25-18)24-21(28(2)27-26-24)16-33-23-9-5-6-13-32-23/h10-11,17,23H,4-9,12-16H2,1-3H3/t17-,23?/m1/s1. The van der Waals surface area contributed by atoms with Gasteiger partial charge in [-0.15, -0.1) is 5.10 Å². The van der Waals surface area contributed by atoms with Gasteiger partial charge in [-0.25, -0.2) is 9.67 Å². The van der Waals surface area contributed by atoms with Crippen LogP contribution in [0.4, 0.5) is 5.69 Å². The Bertz CT molecular complexity index is 941. The maximum absolute atomic E-state index is 11.7. The molecule has 4 heterocycles. The van der Waals surface area contributed by atoms with E-state index >= 15 is 0 Å². The number of nitrogens with zero attached hydrogens (tertiary/aromatic N) is 5. The van der Waals surface area contributed by atoms with Crippen LogP contribution in [-0.2, 0) is 39.1 Å². The molecule has 2 aromatic heterocycles. The Kier molecular flexibility index (Phi) is 7.93. The van der Waals surface area contributed by atoms with Crippen molar-refractivity contribution < 1.29 is 19.0 Å². The molecule has 9 nitrogen and oxygen atoms in total. The van der Waals surface area contributed by atoms with Gasteiger partial charge in [0.2, 0.25) is 0 Å². The third-order valence-corrected chi connectivity index (χ3v) is 6.56. The largest absolute Gasteiger partial charge is 0.469 e. The van der Waals surface area contributed by atoms with E-state index in [1.807, 2.05) is 13.1 Å². The first kappa shape index (κ1) is 23.6. The summed E-state index contributed by atoms with van der Waals surface area (Å²) in [4.78, 5) is 19.1. The van der Waals surface area contributed by atoms with Crippen LogP contribution in [0.3, 0.4) is 0 Å². The van der Waals surface area contributed by atoms with E-state index in [0.717, 1.165) is 86.7 Å². The fourth-order valence-electron chi connectivity index (χ4n) is 4.70. The van der Waals surface area contributed by atoms with Crippen molar-refractivity contribution in [2.24, 2.45) is 13.0 Å². The second-order valence-electron chi connectivity index (χ2n) is 8.87. The minimum Gasteiger partial charge on any atom is -0.469 e. The number of piperidine rings is 1. The molecule has 2 atom stereocenters. The van der Waals surface area contributed by atoms with Gasteiger partial charge in [-0.1, -0.05) is 12.1 Å². The van der Waals surface area contributed by atoms with Gasteiger partial charge in [0.05, 0.1) is 36.5 Å². The number of aromatic nitrogens is 4. The Morgan fingerprint density at radius 1 is 1.24 bits per heavy atom. The molecule has 0 N–H and O–H groups in total. The van der Waals surface area contributed by atoms with Crippen molar-refractivity contribution in [2.75, 3.05) is 31.7 Å². The van der Waals surface area contributed by atoms with Crippen molar-refractivity contribution in [3.8, 4) is 11.4 Å². The van der Waals surface area contributed by atoms with Crippen LogP contribution in [0.5, 0.6) is 0 Å². The van der Waals surface area contributed by atoms with Gasteiger partial charge < -0.3 is 19.1 Å². The zero-order chi connectivity index (χ0) is 23.2. The zero-order valence-electron chi connectivity index (χ0n) is 20.0. The monoisotopic (exact) mass is 457 g/mol. The predicted molar refractivity (Wildman–Crippen MR) is 124 cm³/mol. The highest BCUT2D eigenvalue weighted by atomic mass is 16.7. The average Bonchev–Trinajstić information content (AvgIpc) is 3.23. The Labute approximate surface area is 195 Å². The lowest BCUT2D eigenvalue weighted by Crippen LogP contribution is -2.37. The van der Waals surface area contributed by atoms with E-state index in [1.165, 1.54) is 7.11 Å². The molecule has 0 amide bonds. The smallest absolute Gasteiger partial charge is 0.305 e. The van der Waals surface area contributed by atoms with Crippen LogP contribution in [0.15, 0.2) is 12.1 Å². The Hall–Kier alpha value is -2.52. The van der Waals surface area contributed by atoms with Crippen molar-refractivity contribution in [1.29, 1.82) is 0 Å². The van der Waals surface area contributed by atoms with Crippen molar-refractivity contribution in [3.05, 3.63) is 23.5 Å². The summed E-state index contributed by atoms with van der Waals surface area (Å²) >= 11 is 0. The third-order valence-electron chi connectivity index (χ3n) is 6.56. The van der Waals surface area contributed by atoms with Crippen molar-refractivity contribution in [3.63, 3.8) is 0 Å². The Balaban J connectivity index is 1.50. The van der Waals surface area contributed by atoms with Gasteiger partial charge in [-0.05, 0) is 56.6 Å². The summed E-state index contributed by atoms with van der Waals surface area (Å²) in [5.74, 6) is 0.170. The summed E-state index contributed by atoms with van der Waals surface area (Å²) in [5, 5.41) is 8.61. The SMILES string of the molecule is CCc1nc(-c2nnn(C)c2COC2CCCCO2)ccc1N1CCC[C@H](CC(=O)OC)C1. The molecule has 33 heavy (non-hydrogen) atoms.